The van der Waals surface area contributed by atoms with E-state index in [1.807, 2.05) is 25.1 Å². The zero-order valence-corrected chi connectivity index (χ0v) is 10.9. The van der Waals surface area contributed by atoms with Gasteiger partial charge in [-0.05, 0) is 31.4 Å². The molecule has 0 spiro atoms. The maximum Gasteiger partial charge on any atom is 0.163 e. The highest BCUT2D eigenvalue weighted by molar-refractivity contribution is 6.20. The monoisotopic (exact) mass is 242 g/mol. The molecule has 0 aliphatic carbocycles. The van der Waals surface area contributed by atoms with Crippen molar-refractivity contribution in [3.8, 4) is 11.5 Å². The molecule has 0 aliphatic rings. The van der Waals surface area contributed by atoms with E-state index in [9.17, 15) is 0 Å². The summed E-state index contributed by atoms with van der Waals surface area (Å²) in [7, 11) is 1.66. The zero-order valence-electron chi connectivity index (χ0n) is 10.1. The van der Waals surface area contributed by atoms with Gasteiger partial charge >= 0.3 is 0 Å². The minimum atomic E-state index is 0.0929. The van der Waals surface area contributed by atoms with E-state index in [2.05, 4.69) is 6.92 Å². The van der Waals surface area contributed by atoms with Crippen LogP contribution in [0.2, 0.25) is 0 Å². The van der Waals surface area contributed by atoms with Crippen LogP contribution in [0.5, 0.6) is 11.5 Å². The average Bonchev–Trinajstić information content (AvgIpc) is 2.25. The Morgan fingerprint density at radius 3 is 2.69 bits per heavy atom. The molecule has 0 aromatic heterocycles. The Hall–Kier alpha value is -0.890. The predicted molar refractivity (Wildman–Crippen MR) is 67.8 cm³/mol. The van der Waals surface area contributed by atoms with Crippen LogP contribution in [0.4, 0.5) is 0 Å². The second kappa shape index (κ2) is 6.64. The number of alkyl halides is 1. The van der Waals surface area contributed by atoms with Crippen molar-refractivity contribution in [1.82, 2.24) is 0 Å². The van der Waals surface area contributed by atoms with Gasteiger partial charge in [0.25, 0.3) is 0 Å². The van der Waals surface area contributed by atoms with Crippen LogP contribution in [-0.2, 0) is 6.42 Å². The lowest BCUT2D eigenvalue weighted by Gasteiger charge is -2.14. The summed E-state index contributed by atoms with van der Waals surface area (Å²) in [5, 5.41) is 0.0929. The lowest BCUT2D eigenvalue weighted by atomic mass is 10.1. The van der Waals surface area contributed by atoms with Crippen LogP contribution >= 0.6 is 11.6 Å². The van der Waals surface area contributed by atoms with Gasteiger partial charge in [0.1, 0.15) is 0 Å². The molecule has 1 aromatic carbocycles. The average molecular weight is 243 g/mol. The molecule has 1 aromatic rings. The van der Waals surface area contributed by atoms with Crippen LogP contribution in [0.3, 0.4) is 0 Å². The molecule has 2 nitrogen and oxygen atoms in total. The third-order valence-electron chi connectivity index (χ3n) is 2.23. The number of para-hydroxylation sites is 1. The summed E-state index contributed by atoms with van der Waals surface area (Å²) in [6.45, 7) is 4.76. The van der Waals surface area contributed by atoms with Gasteiger partial charge in [0.05, 0.1) is 13.7 Å². The molecule has 0 fully saturated rings. The van der Waals surface area contributed by atoms with Crippen LogP contribution in [0, 0.1) is 0 Å². The van der Waals surface area contributed by atoms with Gasteiger partial charge in [-0.15, -0.1) is 11.6 Å². The summed E-state index contributed by atoms with van der Waals surface area (Å²) in [6, 6.07) is 5.93. The van der Waals surface area contributed by atoms with E-state index in [1.165, 1.54) is 0 Å². The van der Waals surface area contributed by atoms with Crippen LogP contribution in [0.1, 0.15) is 25.8 Å². The van der Waals surface area contributed by atoms with Crippen LogP contribution in [0.15, 0.2) is 18.2 Å². The summed E-state index contributed by atoms with van der Waals surface area (Å²) in [5.74, 6) is 1.61. The normalized spacial score (nSPS) is 12.2. The highest BCUT2D eigenvalue weighted by atomic mass is 35.5. The Morgan fingerprint density at radius 1 is 1.38 bits per heavy atom. The molecule has 0 saturated carbocycles. The first kappa shape index (κ1) is 13.2. The molecule has 0 saturated heterocycles. The fourth-order valence-electron chi connectivity index (χ4n) is 1.58. The van der Waals surface area contributed by atoms with Gasteiger partial charge in [0, 0.05) is 5.38 Å². The van der Waals surface area contributed by atoms with Crippen molar-refractivity contribution < 1.29 is 9.47 Å². The summed E-state index contributed by atoms with van der Waals surface area (Å²) in [6.07, 6.45) is 1.77. The van der Waals surface area contributed by atoms with Gasteiger partial charge in [-0.3, -0.25) is 0 Å². The predicted octanol–water partition coefficient (Wildman–Crippen LogP) is 3.65. The lowest BCUT2D eigenvalue weighted by Crippen LogP contribution is -2.03. The van der Waals surface area contributed by atoms with Crippen molar-refractivity contribution in [2.24, 2.45) is 0 Å². The SMILES string of the molecule is CCCOc1cccc(CC(C)Cl)c1OC. The van der Waals surface area contributed by atoms with Crippen molar-refractivity contribution >= 4 is 11.6 Å². The molecule has 0 amide bonds. The second-order valence-corrected chi connectivity index (χ2v) is 4.53. The molecule has 1 atom stereocenters. The standard InChI is InChI=1S/C13H19ClO2/c1-4-8-16-12-7-5-6-11(9-10(2)14)13(12)15-3/h5-7,10H,4,8-9H2,1-3H3. The molecule has 0 N–H and O–H groups in total. The maximum absolute atomic E-state index is 6.00. The largest absolute Gasteiger partial charge is 0.493 e. The molecular weight excluding hydrogens is 224 g/mol. The van der Waals surface area contributed by atoms with Crippen LogP contribution in [0.25, 0.3) is 0 Å². The third kappa shape index (κ3) is 3.60. The smallest absolute Gasteiger partial charge is 0.163 e. The topological polar surface area (TPSA) is 18.5 Å². The molecule has 1 rings (SSSR count). The van der Waals surface area contributed by atoms with Crippen molar-refractivity contribution in [3.05, 3.63) is 23.8 Å². The molecule has 0 heterocycles. The summed E-state index contributed by atoms with van der Waals surface area (Å²) in [4.78, 5) is 0. The second-order valence-electron chi connectivity index (χ2n) is 3.78. The Morgan fingerprint density at radius 2 is 2.12 bits per heavy atom. The quantitative estimate of drug-likeness (QED) is 0.709. The first-order chi connectivity index (χ1) is 7.69. The minimum Gasteiger partial charge on any atom is -0.493 e. The number of benzene rings is 1. The fourth-order valence-corrected chi connectivity index (χ4v) is 1.75. The van der Waals surface area contributed by atoms with E-state index >= 15 is 0 Å². The van der Waals surface area contributed by atoms with E-state index in [0.29, 0.717) is 6.61 Å². The van der Waals surface area contributed by atoms with Gasteiger partial charge < -0.3 is 9.47 Å². The van der Waals surface area contributed by atoms with Crippen molar-refractivity contribution in [2.45, 2.75) is 32.1 Å². The molecular formula is C13H19ClO2. The molecule has 1 unspecified atom stereocenters. The first-order valence-corrected chi connectivity index (χ1v) is 6.05. The van der Waals surface area contributed by atoms with E-state index in [0.717, 1.165) is 29.9 Å². The molecule has 0 radical (unpaired) electrons. The van der Waals surface area contributed by atoms with Gasteiger partial charge in [0.2, 0.25) is 0 Å². The Balaban J connectivity index is 2.91. The number of hydrogen-bond donors (Lipinski definition) is 0. The third-order valence-corrected chi connectivity index (χ3v) is 2.38. The Bertz CT molecular complexity index is 324. The van der Waals surface area contributed by atoms with Crippen LogP contribution in [-0.4, -0.2) is 19.1 Å². The zero-order chi connectivity index (χ0) is 12.0. The minimum absolute atomic E-state index is 0.0929. The van der Waals surface area contributed by atoms with Crippen molar-refractivity contribution in [1.29, 1.82) is 0 Å². The van der Waals surface area contributed by atoms with Gasteiger partial charge in [-0.2, -0.15) is 0 Å². The fraction of sp³-hybridized carbons (Fsp3) is 0.538. The number of hydrogen-bond acceptors (Lipinski definition) is 2. The Kier molecular flexibility index (Phi) is 5.47. The molecule has 3 heteroatoms. The number of halogens is 1. The lowest BCUT2D eigenvalue weighted by molar-refractivity contribution is 0.293. The summed E-state index contributed by atoms with van der Waals surface area (Å²) < 4.78 is 11.0. The van der Waals surface area contributed by atoms with E-state index in [4.69, 9.17) is 21.1 Å². The number of ether oxygens (including phenoxy) is 2. The summed E-state index contributed by atoms with van der Waals surface area (Å²) >= 11 is 6.00. The summed E-state index contributed by atoms with van der Waals surface area (Å²) in [5.41, 5.74) is 1.10. The molecule has 90 valence electrons. The van der Waals surface area contributed by atoms with E-state index < -0.39 is 0 Å². The Labute approximate surface area is 103 Å². The van der Waals surface area contributed by atoms with Crippen molar-refractivity contribution in [2.75, 3.05) is 13.7 Å². The van der Waals surface area contributed by atoms with E-state index in [-0.39, 0.29) is 5.38 Å². The highest BCUT2D eigenvalue weighted by Crippen LogP contribution is 2.32. The van der Waals surface area contributed by atoms with Crippen LogP contribution < -0.4 is 9.47 Å². The van der Waals surface area contributed by atoms with Gasteiger partial charge in [-0.1, -0.05) is 19.1 Å². The molecule has 0 aliphatic heterocycles. The van der Waals surface area contributed by atoms with Gasteiger partial charge in [-0.25, -0.2) is 0 Å². The molecule has 0 bridgehead atoms. The molecule has 16 heavy (non-hydrogen) atoms. The number of rotatable bonds is 6. The van der Waals surface area contributed by atoms with E-state index in [1.54, 1.807) is 7.11 Å². The first-order valence-electron chi connectivity index (χ1n) is 5.61. The van der Waals surface area contributed by atoms with Crippen molar-refractivity contribution in [3.63, 3.8) is 0 Å². The number of methoxy groups -OCH3 is 1. The highest BCUT2D eigenvalue weighted by Gasteiger charge is 2.11. The maximum atomic E-state index is 6.00. The van der Waals surface area contributed by atoms with Gasteiger partial charge in [0.15, 0.2) is 11.5 Å².